The van der Waals surface area contributed by atoms with E-state index in [0.717, 1.165) is 28.5 Å². The van der Waals surface area contributed by atoms with Crippen LogP contribution in [0.1, 0.15) is 20.7 Å². The highest BCUT2D eigenvalue weighted by atomic mass is 16.5. The van der Waals surface area contributed by atoms with Gasteiger partial charge in [0.15, 0.2) is 0 Å². The molecule has 0 unspecified atom stereocenters. The van der Waals surface area contributed by atoms with Crippen molar-refractivity contribution in [1.29, 1.82) is 0 Å². The van der Waals surface area contributed by atoms with Crippen LogP contribution in [0.4, 0.5) is 11.4 Å². The lowest BCUT2D eigenvalue weighted by atomic mass is 9.97. The Bertz CT molecular complexity index is 995. The molecule has 136 valence electrons. The molecule has 0 aliphatic heterocycles. The van der Waals surface area contributed by atoms with Crippen molar-refractivity contribution in [2.45, 2.75) is 0 Å². The second-order valence-corrected chi connectivity index (χ2v) is 6.05. The summed E-state index contributed by atoms with van der Waals surface area (Å²) in [6.45, 7) is 0. The minimum Gasteiger partial charge on any atom is -0.465 e. The Morgan fingerprint density at radius 2 is 1.63 bits per heavy atom. The van der Waals surface area contributed by atoms with Gasteiger partial charge in [0.1, 0.15) is 6.29 Å². The highest BCUT2D eigenvalue weighted by Crippen LogP contribution is 2.32. The number of hydrogen-bond acceptors (Lipinski definition) is 5. The van der Waals surface area contributed by atoms with E-state index in [1.165, 1.54) is 7.11 Å². The average molecular weight is 360 g/mol. The number of benzene rings is 3. The first-order chi connectivity index (χ1) is 13.1. The zero-order valence-corrected chi connectivity index (χ0v) is 15.2. The first-order valence-corrected chi connectivity index (χ1v) is 8.43. The fourth-order valence-electron chi connectivity index (χ4n) is 2.95. The maximum Gasteiger partial charge on any atom is 0.340 e. The molecule has 0 saturated carbocycles. The van der Waals surface area contributed by atoms with Crippen molar-refractivity contribution >= 4 is 23.6 Å². The summed E-state index contributed by atoms with van der Waals surface area (Å²) >= 11 is 0. The Kier molecular flexibility index (Phi) is 5.22. The number of esters is 1. The second kappa shape index (κ2) is 7.74. The summed E-state index contributed by atoms with van der Waals surface area (Å²) < 4.78 is 4.83. The fraction of sp³-hybridized carbons (Fsp3) is 0.0909. The van der Waals surface area contributed by atoms with E-state index in [4.69, 9.17) is 10.5 Å². The smallest absolute Gasteiger partial charge is 0.340 e. The first-order valence-electron chi connectivity index (χ1n) is 8.43. The summed E-state index contributed by atoms with van der Waals surface area (Å²) in [7, 11) is 3.08. The molecule has 3 rings (SSSR count). The Labute approximate surface area is 157 Å². The minimum atomic E-state index is -0.479. The van der Waals surface area contributed by atoms with Crippen LogP contribution >= 0.6 is 0 Å². The summed E-state index contributed by atoms with van der Waals surface area (Å²) in [6.07, 6.45) is 0.833. The van der Waals surface area contributed by atoms with Crippen LogP contribution in [0.2, 0.25) is 0 Å². The molecular formula is C22H20N2O3. The van der Waals surface area contributed by atoms with Crippen LogP contribution in [-0.2, 0) is 4.74 Å². The van der Waals surface area contributed by atoms with Gasteiger partial charge in [-0.25, -0.2) is 4.79 Å². The maximum absolute atomic E-state index is 12.0. The first kappa shape index (κ1) is 18.2. The molecule has 0 aliphatic carbocycles. The minimum absolute atomic E-state index is 0.321. The third-order valence-corrected chi connectivity index (χ3v) is 4.43. The molecule has 0 spiro atoms. The van der Waals surface area contributed by atoms with Crippen molar-refractivity contribution in [1.82, 2.24) is 0 Å². The molecule has 0 radical (unpaired) electrons. The highest BCUT2D eigenvalue weighted by molar-refractivity contribution is 6.00. The molecule has 5 nitrogen and oxygen atoms in total. The standard InChI is InChI=1S/C22H20N2O3/c1-24-20-12-18(11-19(21(20)23)22(26)27-2)16-8-6-15(7-9-16)17-5-3-4-14(10-17)13-25/h3-13,24H,23H2,1-2H3. The van der Waals surface area contributed by atoms with Crippen molar-refractivity contribution in [3.05, 3.63) is 71.8 Å². The molecular weight excluding hydrogens is 340 g/mol. The number of hydrogen-bond donors (Lipinski definition) is 2. The van der Waals surface area contributed by atoms with Crippen LogP contribution in [0.15, 0.2) is 60.7 Å². The summed E-state index contributed by atoms with van der Waals surface area (Å²) in [5, 5.41) is 3.01. The van der Waals surface area contributed by atoms with Gasteiger partial charge in [-0.2, -0.15) is 0 Å². The predicted octanol–water partition coefficient (Wildman–Crippen LogP) is 4.24. The van der Waals surface area contributed by atoms with Crippen molar-refractivity contribution < 1.29 is 14.3 Å². The summed E-state index contributed by atoms with van der Waals surface area (Å²) in [4.78, 5) is 23.0. The van der Waals surface area contributed by atoms with E-state index in [2.05, 4.69) is 5.32 Å². The molecule has 0 atom stereocenters. The van der Waals surface area contributed by atoms with Gasteiger partial charge in [-0.1, -0.05) is 42.5 Å². The molecule has 0 amide bonds. The van der Waals surface area contributed by atoms with Gasteiger partial charge in [-0.15, -0.1) is 0 Å². The number of rotatable bonds is 5. The van der Waals surface area contributed by atoms with Crippen LogP contribution in [0.3, 0.4) is 0 Å². The van der Waals surface area contributed by atoms with Crippen LogP contribution in [0.5, 0.6) is 0 Å². The third kappa shape index (κ3) is 3.67. The number of carbonyl (C=O) groups is 2. The topological polar surface area (TPSA) is 81.4 Å². The fourth-order valence-corrected chi connectivity index (χ4v) is 2.95. The Balaban J connectivity index is 2.02. The molecule has 5 heteroatoms. The molecule has 27 heavy (non-hydrogen) atoms. The number of aldehydes is 1. The van der Waals surface area contributed by atoms with E-state index in [1.807, 2.05) is 48.5 Å². The third-order valence-electron chi connectivity index (χ3n) is 4.43. The van der Waals surface area contributed by atoms with Crippen molar-refractivity contribution in [2.24, 2.45) is 0 Å². The summed E-state index contributed by atoms with van der Waals surface area (Å²) in [5.41, 5.74) is 11.8. The van der Waals surface area contributed by atoms with Crippen LogP contribution in [0.25, 0.3) is 22.3 Å². The van der Waals surface area contributed by atoms with E-state index in [1.54, 1.807) is 19.2 Å². The van der Waals surface area contributed by atoms with Gasteiger partial charge in [-0.05, 0) is 40.5 Å². The number of nitrogen functional groups attached to an aromatic ring is 1. The number of methoxy groups -OCH3 is 1. The van der Waals surface area contributed by atoms with Gasteiger partial charge in [0, 0.05) is 12.6 Å². The van der Waals surface area contributed by atoms with Gasteiger partial charge in [0.25, 0.3) is 0 Å². The number of nitrogens with one attached hydrogen (secondary N) is 1. The van der Waals surface area contributed by atoms with E-state index in [0.29, 0.717) is 22.5 Å². The molecule has 3 aromatic rings. The normalized spacial score (nSPS) is 10.3. The molecule has 0 aliphatic rings. The predicted molar refractivity (Wildman–Crippen MR) is 108 cm³/mol. The molecule has 3 aromatic carbocycles. The van der Waals surface area contributed by atoms with Gasteiger partial charge < -0.3 is 15.8 Å². The molecule has 0 bridgehead atoms. The average Bonchev–Trinajstić information content (AvgIpc) is 2.73. The largest absolute Gasteiger partial charge is 0.465 e. The van der Waals surface area contributed by atoms with Crippen molar-refractivity contribution in [3.8, 4) is 22.3 Å². The Morgan fingerprint density at radius 1 is 0.963 bits per heavy atom. The zero-order valence-electron chi connectivity index (χ0n) is 15.2. The van der Waals surface area contributed by atoms with E-state index >= 15 is 0 Å². The van der Waals surface area contributed by atoms with Gasteiger partial charge in [0.2, 0.25) is 0 Å². The van der Waals surface area contributed by atoms with Crippen LogP contribution in [-0.4, -0.2) is 26.4 Å². The second-order valence-electron chi connectivity index (χ2n) is 6.05. The van der Waals surface area contributed by atoms with Crippen molar-refractivity contribution in [3.63, 3.8) is 0 Å². The summed E-state index contributed by atoms with van der Waals surface area (Å²) in [5.74, 6) is -0.479. The molecule has 0 aromatic heterocycles. The van der Waals surface area contributed by atoms with E-state index in [9.17, 15) is 9.59 Å². The molecule has 0 saturated heterocycles. The van der Waals surface area contributed by atoms with Gasteiger partial charge in [-0.3, -0.25) is 4.79 Å². The number of ether oxygens (including phenoxy) is 1. The molecule has 0 fully saturated rings. The van der Waals surface area contributed by atoms with Crippen LogP contribution in [0, 0.1) is 0 Å². The quantitative estimate of drug-likeness (QED) is 0.404. The van der Waals surface area contributed by atoms with Gasteiger partial charge >= 0.3 is 5.97 Å². The number of carbonyl (C=O) groups excluding carboxylic acids is 2. The van der Waals surface area contributed by atoms with Gasteiger partial charge in [0.05, 0.1) is 24.0 Å². The lowest BCUT2D eigenvalue weighted by Gasteiger charge is -2.13. The van der Waals surface area contributed by atoms with Crippen LogP contribution < -0.4 is 11.1 Å². The Morgan fingerprint density at radius 3 is 2.22 bits per heavy atom. The highest BCUT2D eigenvalue weighted by Gasteiger charge is 2.15. The molecule has 0 heterocycles. The Hall–Kier alpha value is -3.60. The summed E-state index contributed by atoms with van der Waals surface area (Å²) in [6, 6.07) is 18.9. The van der Waals surface area contributed by atoms with Crippen molar-refractivity contribution in [2.75, 3.05) is 25.2 Å². The lowest BCUT2D eigenvalue weighted by Crippen LogP contribution is -2.08. The van der Waals surface area contributed by atoms with E-state index < -0.39 is 5.97 Å². The lowest BCUT2D eigenvalue weighted by molar-refractivity contribution is 0.0602. The SMILES string of the molecule is CNc1cc(-c2ccc(-c3cccc(C=O)c3)cc2)cc(C(=O)OC)c1N. The number of nitrogens with two attached hydrogens (primary N) is 1. The maximum atomic E-state index is 12.0. The monoisotopic (exact) mass is 360 g/mol. The van der Waals surface area contributed by atoms with E-state index in [-0.39, 0.29) is 0 Å². The zero-order chi connectivity index (χ0) is 19.4. The number of anilines is 2. The molecule has 3 N–H and O–H groups in total.